The van der Waals surface area contributed by atoms with Crippen LogP contribution in [0.4, 0.5) is 5.69 Å². The van der Waals surface area contributed by atoms with Crippen molar-refractivity contribution >= 4 is 50.8 Å². The lowest BCUT2D eigenvalue weighted by Crippen LogP contribution is -2.34. The van der Waals surface area contributed by atoms with Crippen LogP contribution < -0.4 is 15.4 Å². The third-order valence-electron chi connectivity index (χ3n) is 5.32. The molecular weight excluding hydrogens is 482 g/mol. The molecule has 8 nitrogen and oxygen atoms in total. The Labute approximate surface area is 203 Å². The van der Waals surface area contributed by atoms with Gasteiger partial charge in [-0.2, -0.15) is 4.31 Å². The van der Waals surface area contributed by atoms with Gasteiger partial charge in [0.05, 0.1) is 30.2 Å². The van der Waals surface area contributed by atoms with E-state index in [4.69, 9.17) is 17.0 Å². The lowest BCUT2D eigenvalue weighted by Gasteiger charge is -2.22. The quantitative estimate of drug-likeness (QED) is 0.344. The van der Waals surface area contributed by atoms with E-state index in [1.165, 1.54) is 23.5 Å². The van der Waals surface area contributed by atoms with Crippen molar-refractivity contribution in [1.82, 2.24) is 9.62 Å². The lowest BCUT2D eigenvalue weighted by molar-refractivity contribution is -0.137. The van der Waals surface area contributed by atoms with Crippen LogP contribution in [0, 0.1) is 0 Å². The minimum absolute atomic E-state index is 0.144. The van der Waals surface area contributed by atoms with Crippen molar-refractivity contribution in [1.29, 1.82) is 0 Å². The summed E-state index contributed by atoms with van der Waals surface area (Å²) >= 11 is 7.02. The summed E-state index contributed by atoms with van der Waals surface area (Å²) in [6.07, 6.45) is 3.47. The molecule has 0 saturated carbocycles. The molecule has 0 unspecified atom stereocenters. The number of thioether (sulfide) groups is 1. The smallest absolute Gasteiger partial charge is 0.305 e. The minimum atomic E-state index is -3.62. The second-order valence-electron chi connectivity index (χ2n) is 7.50. The molecule has 178 valence electrons. The number of methoxy groups -OCH3 is 1. The summed E-state index contributed by atoms with van der Waals surface area (Å²) in [5.74, 6) is -0.556. The highest BCUT2D eigenvalue weighted by molar-refractivity contribution is 7.98. The molecule has 1 atom stereocenters. The first-order valence-corrected chi connectivity index (χ1v) is 13.4. The molecule has 0 radical (unpaired) electrons. The van der Waals surface area contributed by atoms with Crippen LogP contribution in [0.2, 0.25) is 0 Å². The average molecular weight is 510 g/mol. The molecule has 2 aromatic carbocycles. The summed E-state index contributed by atoms with van der Waals surface area (Å²) in [5.41, 5.74) is 1.15. The van der Waals surface area contributed by atoms with Gasteiger partial charge in [0.15, 0.2) is 5.11 Å². The Hall–Kier alpha value is -2.34. The van der Waals surface area contributed by atoms with Gasteiger partial charge in [0, 0.05) is 18.0 Å². The fourth-order valence-electron chi connectivity index (χ4n) is 3.60. The largest absolute Gasteiger partial charge is 0.495 e. The van der Waals surface area contributed by atoms with Crippen molar-refractivity contribution in [2.24, 2.45) is 0 Å². The van der Waals surface area contributed by atoms with Crippen molar-refractivity contribution < 1.29 is 23.1 Å². The van der Waals surface area contributed by atoms with Crippen molar-refractivity contribution in [3.63, 3.8) is 0 Å². The number of carbonyl (C=O) groups is 1. The fourth-order valence-corrected chi connectivity index (χ4v) is 5.81. The van der Waals surface area contributed by atoms with E-state index in [1.54, 1.807) is 17.8 Å². The maximum absolute atomic E-state index is 13.0. The third-order valence-corrected chi connectivity index (χ3v) is 8.18. The van der Waals surface area contributed by atoms with Gasteiger partial charge in [-0.3, -0.25) is 4.79 Å². The predicted molar refractivity (Wildman–Crippen MR) is 134 cm³/mol. The summed E-state index contributed by atoms with van der Waals surface area (Å²) in [7, 11) is -2.14. The first-order valence-electron chi connectivity index (χ1n) is 10.4. The molecule has 11 heteroatoms. The van der Waals surface area contributed by atoms with E-state index in [9.17, 15) is 18.3 Å². The van der Waals surface area contributed by atoms with Gasteiger partial charge < -0.3 is 20.5 Å². The van der Waals surface area contributed by atoms with Gasteiger partial charge in [0.25, 0.3) is 0 Å². The van der Waals surface area contributed by atoms with Crippen molar-refractivity contribution in [3.8, 4) is 5.75 Å². The number of sulfonamides is 1. The van der Waals surface area contributed by atoms with Crippen LogP contribution in [0.3, 0.4) is 0 Å². The topological polar surface area (TPSA) is 108 Å². The van der Waals surface area contributed by atoms with Crippen LogP contribution in [0.1, 0.15) is 30.9 Å². The molecule has 0 aromatic heterocycles. The Bertz CT molecular complexity index is 1100. The summed E-state index contributed by atoms with van der Waals surface area (Å²) in [6.45, 7) is 1.01. The van der Waals surface area contributed by atoms with Gasteiger partial charge in [-0.15, -0.1) is 11.8 Å². The Balaban J connectivity index is 1.81. The number of rotatable bonds is 9. The molecule has 3 N–H and O–H groups in total. The molecule has 3 rings (SSSR count). The fraction of sp³-hybridized carbons (Fsp3) is 0.364. The van der Waals surface area contributed by atoms with E-state index in [1.807, 2.05) is 30.5 Å². The van der Waals surface area contributed by atoms with Crippen LogP contribution in [0.15, 0.2) is 52.3 Å². The molecule has 1 fully saturated rings. The lowest BCUT2D eigenvalue weighted by atomic mass is 10.0. The van der Waals surface area contributed by atoms with E-state index >= 15 is 0 Å². The van der Waals surface area contributed by atoms with Crippen LogP contribution in [0.25, 0.3) is 0 Å². The number of carboxylic acids is 1. The number of hydrogen-bond acceptors (Lipinski definition) is 6. The predicted octanol–water partition coefficient (Wildman–Crippen LogP) is 3.70. The van der Waals surface area contributed by atoms with E-state index in [0.29, 0.717) is 24.5 Å². The molecule has 0 bridgehead atoms. The second kappa shape index (κ2) is 11.2. The number of carboxylic acid groups (broad SMARTS) is 1. The van der Waals surface area contributed by atoms with E-state index in [0.717, 1.165) is 23.3 Å². The van der Waals surface area contributed by atoms with Gasteiger partial charge in [-0.05, 0) is 67.2 Å². The van der Waals surface area contributed by atoms with Gasteiger partial charge in [-0.1, -0.05) is 12.1 Å². The summed E-state index contributed by atoms with van der Waals surface area (Å²) in [5, 5.41) is 15.5. The molecular formula is C22H27N3O5S3. The molecule has 0 amide bonds. The van der Waals surface area contributed by atoms with Crippen LogP contribution in [-0.4, -0.2) is 55.4 Å². The first-order chi connectivity index (χ1) is 15.7. The molecule has 2 aromatic rings. The zero-order valence-electron chi connectivity index (χ0n) is 18.4. The Morgan fingerprint density at radius 1 is 1.21 bits per heavy atom. The standard InChI is InChI=1S/C22H27N3O5S3/c1-30-20-10-9-17(33(28,29)25-11-3-4-12-25)13-19(20)24-22(31)23-18(14-21(26)27)15-5-7-16(32-2)8-6-15/h5-10,13,18H,3-4,11-12,14H2,1-2H3,(H,26,27)(H2,23,24,31)/t18-/m1/s1. The number of anilines is 1. The number of nitrogens with one attached hydrogen (secondary N) is 2. The highest BCUT2D eigenvalue weighted by atomic mass is 32.2. The summed E-state index contributed by atoms with van der Waals surface area (Å²) in [6, 6.07) is 11.6. The first kappa shape index (κ1) is 25.3. The molecule has 1 aliphatic heterocycles. The van der Waals surface area contributed by atoms with Crippen molar-refractivity contribution in [2.45, 2.75) is 35.1 Å². The number of hydrogen-bond donors (Lipinski definition) is 3. The number of nitrogens with zero attached hydrogens (tertiary/aromatic N) is 1. The highest BCUT2D eigenvalue weighted by Crippen LogP contribution is 2.30. The third kappa shape index (κ3) is 6.38. The summed E-state index contributed by atoms with van der Waals surface area (Å²) in [4.78, 5) is 12.6. The Morgan fingerprint density at radius 3 is 2.45 bits per heavy atom. The second-order valence-corrected chi connectivity index (χ2v) is 10.7. The van der Waals surface area contributed by atoms with E-state index in [2.05, 4.69) is 10.6 Å². The van der Waals surface area contributed by atoms with Crippen LogP contribution >= 0.6 is 24.0 Å². The zero-order chi connectivity index (χ0) is 24.0. The van der Waals surface area contributed by atoms with Crippen molar-refractivity contribution in [2.75, 3.05) is 31.8 Å². The number of ether oxygens (including phenoxy) is 1. The maximum Gasteiger partial charge on any atom is 0.305 e. The minimum Gasteiger partial charge on any atom is -0.495 e. The normalized spacial score (nSPS) is 15.1. The van der Waals surface area contributed by atoms with Gasteiger partial charge in [0.1, 0.15) is 5.75 Å². The molecule has 1 saturated heterocycles. The van der Waals surface area contributed by atoms with Crippen LogP contribution in [0.5, 0.6) is 5.75 Å². The van der Waals surface area contributed by atoms with E-state index in [-0.39, 0.29) is 16.4 Å². The van der Waals surface area contributed by atoms with Gasteiger partial charge >= 0.3 is 5.97 Å². The SMILES string of the molecule is COc1ccc(S(=O)(=O)N2CCCC2)cc1NC(=S)N[C@H](CC(=O)O)c1ccc(SC)cc1. The van der Waals surface area contributed by atoms with Crippen molar-refractivity contribution in [3.05, 3.63) is 48.0 Å². The van der Waals surface area contributed by atoms with Gasteiger partial charge in [0.2, 0.25) is 10.0 Å². The Morgan fingerprint density at radius 2 is 1.88 bits per heavy atom. The number of benzene rings is 2. The highest BCUT2D eigenvalue weighted by Gasteiger charge is 2.28. The zero-order valence-corrected chi connectivity index (χ0v) is 20.9. The summed E-state index contributed by atoms with van der Waals surface area (Å²) < 4.78 is 32.7. The molecule has 1 heterocycles. The molecule has 0 aliphatic carbocycles. The molecule has 0 spiro atoms. The van der Waals surface area contributed by atoms with Gasteiger partial charge in [-0.25, -0.2) is 8.42 Å². The average Bonchev–Trinajstić information content (AvgIpc) is 3.34. The molecule has 1 aliphatic rings. The maximum atomic E-state index is 13.0. The van der Waals surface area contributed by atoms with Crippen LogP contribution in [-0.2, 0) is 14.8 Å². The van der Waals surface area contributed by atoms with E-state index < -0.39 is 22.0 Å². The number of thiocarbonyl (C=S) groups is 1. The monoisotopic (exact) mass is 509 g/mol. The Kier molecular flexibility index (Phi) is 8.57. The number of aliphatic carboxylic acids is 1. The molecule has 33 heavy (non-hydrogen) atoms.